The third kappa shape index (κ3) is 1.89. The normalized spacial score (nSPS) is 40.2. The van der Waals surface area contributed by atoms with E-state index in [0.29, 0.717) is 11.9 Å². The molecule has 18 heavy (non-hydrogen) atoms. The van der Waals surface area contributed by atoms with Crippen LogP contribution < -0.4 is 0 Å². The molecule has 1 amide bonds. The summed E-state index contributed by atoms with van der Waals surface area (Å²) >= 11 is 0. The van der Waals surface area contributed by atoms with Crippen molar-refractivity contribution in [2.75, 3.05) is 26.7 Å². The van der Waals surface area contributed by atoms with E-state index in [0.717, 1.165) is 38.3 Å². The minimum absolute atomic E-state index is 0.133. The molecule has 0 spiro atoms. The predicted molar refractivity (Wildman–Crippen MR) is 72.2 cm³/mol. The summed E-state index contributed by atoms with van der Waals surface area (Å²) in [6.45, 7) is 5.31. The SMILES string of the molecule is CN1CCC2CN(C(=O)C3(C)CC=CCC3)CC21. The third-order valence-electron chi connectivity index (χ3n) is 5.23. The second-order valence-electron chi connectivity index (χ2n) is 6.58. The lowest BCUT2D eigenvalue weighted by molar-refractivity contribution is -0.141. The van der Waals surface area contributed by atoms with Crippen molar-refractivity contribution in [1.82, 2.24) is 9.80 Å². The summed E-state index contributed by atoms with van der Waals surface area (Å²) in [5.74, 6) is 1.12. The minimum atomic E-state index is -0.133. The van der Waals surface area contributed by atoms with Crippen LogP contribution in [-0.2, 0) is 4.79 Å². The number of amides is 1. The van der Waals surface area contributed by atoms with Crippen LogP contribution in [0.15, 0.2) is 12.2 Å². The first kappa shape index (κ1) is 12.2. The monoisotopic (exact) mass is 248 g/mol. The molecule has 0 aromatic heterocycles. The average Bonchev–Trinajstić information content (AvgIpc) is 2.92. The Bertz CT molecular complexity index is 379. The van der Waals surface area contributed by atoms with Crippen molar-refractivity contribution in [2.45, 2.75) is 38.6 Å². The zero-order valence-electron chi connectivity index (χ0n) is 11.6. The van der Waals surface area contributed by atoms with Gasteiger partial charge in [0.15, 0.2) is 0 Å². The van der Waals surface area contributed by atoms with Gasteiger partial charge in [-0.2, -0.15) is 0 Å². The van der Waals surface area contributed by atoms with Gasteiger partial charge in [0.05, 0.1) is 5.41 Å². The number of fused-ring (bicyclic) bond motifs is 1. The van der Waals surface area contributed by atoms with E-state index in [1.165, 1.54) is 13.0 Å². The van der Waals surface area contributed by atoms with Gasteiger partial charge in [0.1, 0.15) is 0 Å². The van der Waals surface area contributed by atoms with Gasteiger partial charge in [0, 0.05) is 19.1 Å². The number of rotatable bonds is 1. The number of nitrogens with zero attached hydrogens (tertiary/aromatic N) is 2. The molecule has 3 heteroatoms. The maximum atomic E-state index is 12.7. The Morgan fingerprint density at radius 1 is 1.33 bits per heavy atom. The predicted octanol–water partition coefficient (Wildman–Crippen LogP) is 1.90. The zero-order valence-corrected chi connectivity index (χ0v) is 11.6. The van der Waals surface area contributed by atoms with Crippen molar-refractivity contribution in [3.05, 3.63) is 12.2 Å². The Morgan fingerprint density at radius 2 is 2.17 bits per heavy atom. The van der Waals surface area contributed by atoms with Gasteiger partial charge >= 0.3 is 0 Å². The van der Waals surface area contributed by atoms with Crippen molar-refractivity contribution in [3.8, 4) is 0 Å². The van der Waals surface area contributed by atoms with Crippen molar-refractivity contribution in [2.24, 2.45) is 11.3 Å². The fourth-order valence-corrected chi connectivity index (χ4v) is 3.88. The zero-order chi connectivity index (χ0) is 12.8. The number of carbonyl (C=O) groups is 1. The standard InChI is InChI=1S/C15H24N2O/c1-15(7-4-3-5-8-15)14(18)17-10-12-6-9-16(2)13(12)11-17/h3-4,12-13H,5-11H2,1-2H3. The molecule has 100 valence electrons. The van der Waals surface area contributed by atoms with Gasteiger partial charge < -0.3 is 9.80 Å². The Balaban J connectivity index is 1.69. The Kier molecular flexibility index (Phi) is 2.97. The second-order valence-corrected chi connectivity index (χ2v) is 6.58. The molecular formula is C15H24N2O. The van der Waals surface area contributed by atoms with Crippen LogP contribution in [0.5, 0.6) is 0 Å². The topological polar surface area (TPSA) is 23.6 Å². The van der Waals surface area contributed by atoms with Crippen LogP contribution in [0.2, 0.25) is 0 Å². The summed E-state index contributed by atoms with van der Waals surface area (Å²) < 4.78 is 0. The molecule has 3 aliphatic rings. The van der Waals surface area contributed by atoms with Crippen LogP contribution in [-0.4, -0.2) is 48.4 Å². The summed E-state index contributed by atoms with van der Waals surface area (Å²) in [4.78, 5) is 17.3. The Hall–Kier alpha value is -0.830. The van der Waals surface area contributed by atoms with Crippen LogP contribution >= 0.6 is 0 Å². The van der Waals surface area contributed by atoms with Crippen molar-refractivity contribution in [3.63, 3.8) is 0 Å². The van der Waals surface area contributed by atoms with Gasteiger partial charge in [0.2, 0.25) is 5.91 Å². The lowest BCUT2D eigenvalue weighted by Gasteiger charge is -2.34. The number of carbonyl (C=O) groups excluding carboxylic acids is 1. The molecule has 2 saturated heterocycles. The van der Waals surface area contributed by atoms with Crippen LogP contribution in [0.1, 0.15) is 32.6 Å². The second kappa shape index (κ2) is 4.37. The van der Waals surface area contributed by atoms with Crippen LogP contribution in [0, 0.1) is 11.3 Å². The molecule has 0 aromatic carbocycles. The number of likely N-dealkylation sites (N-methyl/N-ethyl adjacent to an activating group) is 1. The van der Waals surface area contributed by atoms with Gasteiger partial charge in [-0.25, -0.2) is 0 Å². The number of allylic oxidation sites excluding steroid dienone is 2. The molecule has 0 aromatic rings. The first-order chi connectivity index (χ1) is 8.60. The largest absolute Gasteiger partial charge is 0.340 e. The number of hydrogen-bond acceptors (Lipinski definition) is 2. The highest BCUT2D eigenvalue weighted by atomic mass is 16.2. The van der Waals surface area contributed by atoms with Crippen LogP contribution in [0.25, 0.3) is 0 Å². The molecule has 3 atom stereocenters. The van der Waals surface area contributed by atoms with E-state index in [1.807, 2.05) is 0 Å². The Morgan fingerprint density at radius 3 is 2.83 bits per heavy atom. The first-order valence-electron chi connectivity index (χ1n) is 7.25. The summed E-state index contributed by atoms with van der Waals surface area (Å²) in [6.07, 6.45) is 8.66. The van der Waals surface area contributed by atoms with E-state index in [1.54, 1.807) is 0 Å². The Labute approximate surface area is 110 Å². The highest BCUT2D eigenvalue weighted by molar-refractivity contribution is 5.83. The lowest BCUT2D eigenvalue weighted by Crippen LogP contribution is -2.43. The maximum absolute atomic E-state index is 12.7. The van der Waals surface area contributed by atoms with Crippen LogP contribution in [0.3, 0.4) is 0 Å². The summed E-state index contributed by atoms with van der Waals surface area (Å²) in [5.41, 5.74) is -0.133. The van der Waals surface area contributed by atoms with Gasteiger partial charge in [-0.3, -0.25) is 4.79 Å². The highest BCUT2D eigenvalue weighted by Gasteiger charge is 2.45. The van der Waals surface area contributed by atoms with E-state index >= 15 is 0 Å². The number of hydrogen-bond donors (Lipinski definition) is 0. The molecular weight excluding hydrogens is 224 g/mol. The molecule has 1 aliphatic carbocycles. The van der Waals surface area contributed by atoms with Gasteiger partial charge in [0.25, 0.3) is 0 Å². The van der Waals surface area contributed by atoms with E-state index in [2.05, 4.69) is 35.9 Å². The molecule has 0 bridgehead atoms. The van der Waals surface area contributed by atoms with Gasteiger partial charge in [-0.15, -0.1) is 0 Å². The third-order valence-corrected chi connectivity index (χ3v) is 5.23. The molecule has 0 radical (unpaired) electrons. The minimum Gasteiger partial charge on any atom is -0.340 e. The quantitative estimate of drug-likeness (QED) is 0.662. The molecule has 0 N–H and O–H groups in total. The van der Waals surface area contributed by atoms with Gasteiger partial charge in [-0.1, -0.05) is 19.1 Å². The van der Waals surface area contributed by atoms with Crippen molar-refractivity contribution < 1.29 is 4.79 Å². The first-order valence-corrected chi connectivity index (χ1v) is 7.25. The van der Waals surface area contributed by atoms with E-state index < -0.39 is 0 Å². The highest BCUT2D eigenvalue weighted by Crippen LogP contribution is 2.38. The summed E-state index contributed by atoms with van der Waals surface area (Å²) in [5, 5.41) is 0. The van der Waals surface area contributed by atoms with Crippen LogP contribution in [0.4, 0.5) is 0 Å². The van der Waals surface area contributed by atoms with Crippen molar-refractivity contribution >= 4 is 5.91 Å². The fourth-order valence-electron chi connectivity index (χ4n) is 3.88. The van der Waals surface area contributed by atoms with E-state index in [9.17, 15) is 4.79 Å². The smallest absolute Gasteiger partial charge is 0.228 e. The van der Waals surface area contributed by atoms with Crippen molar-refractivity contribution in [1.29, 1.82) is 0 Å². The fraction of sp³-hybridized carbons (Fsp3) is 0.800. The molecule has 3 unspecified atom stereocenters. The average molecular weight is 248 g/mol. The number of likely N-dealkylation sites (tertiary alicyclic amines) is 2. The lowest BCUT2D eigenvalue weighted by atomic mass is 9.78. The maximum Gasteiger partial charge on any atom is 0.228 e. The molecule has 2 fully saturated rings. The molecule has 3 nitrogen and oxygen atoms in total. The van der Waals surface area contributed by atoms with E-state index in [-0.39, 0.29) is 5.41 Å². The van der Waals surface area contributed by atoms with Gasteiger partial charge in [-0.05, 0) is 45.2 Å². The molecule has 2 aliphatic heterocycles. The summed E-state index contributed by atoms with van der Waals surface area (Å²) in [6, 6.07) is 0.622. The molecule has 0 saturated carbocycles. The summed E-state index contributed by atoms with van der Waals surface area (Å²) in [7, 11) is 2.20. The molecule has 3 rings (SSSR count). The molecule has 2 heterocycles. The van der Waals surface area contributed by atoms with E-state index in [4.69, 9.17) is 0 Å².